The summed E-state index contributed by atoms with van der Waals surface area (Å²) >= 11 is 0. The second kappa shape index (κ2) is 28.7. The highest BCUT2D eigenvalue weighted by Gasteiger charge is 2.63. The zero-order valence-corrected chi connectivity index (χ0v) is 66.3. The molecule has 0 radical (unpaired) electrons. The topological polar surface area (TPSA) is 192 Å². The normalized spacial score (nSPS) is 61.2. The summed E-state index contributed by atoms with van der Waals surface area (Å²) in [5, 5.41) is 70.7. The molecule has 0 spiro atoms. The van der Waals surface area contributed by atoms with Crippen molar-refractivity contribution in [3.8, 4) is 0 Å². The molecule has 48 unspecified atom stereocenters. The lowest BCUT2D eigenvalue weighted by atomic mass is 9.62. The van der Waals surface area contributed by atoms with Crippen LogP contribution in [0.5, 0.6) is 0 Å². The Hall–Kier alpha value is -0.640. The third-order valence-electron chi connectivity index (χ3n) is 38.7. The lowest BCUT2D eigenvalue weighted by Crippen LogP contribution is -2.62. The Morgan fingerprint density at radius 3 is 0.365 bits per heavy atom. The van der Waals surface area contributed by atoms with Gasteiger partial charge in [-0.05, 0) is 241 Å². The average Bonchev–Trinajstić information content (AvgIpc) is 1.59. The van der Waals surface area contributed by atoms with Gasteiger partial charge in [-0.3, -0.25) is 85.1 Å². The first kappa shape index (κ1) is 71.2. The Morgan fingerprint density at radius 2 is 0.240 bits per heavy atom. The van der Waals surface area contributed by atoms with Crippen molar-refractivity contribution in [1.82, 2.24) is 85.1 Å². The third kappa shape index (κ3) is 12.4. The molecule has 12 aliphatic carbocycles. The molecule has 16 bridgehead atoms. The van der Waals surface area contributed by atoms with Crippen molar-refractivity contribution < 1.29 is 0 Å². The fourth-order valence-electron chi connectivity index (χ4n) is 33.6. The minimum absolute atomic E-state index is 0.356. The van der Waals surface area contributed by atoms with E-state index in [0.717, 1.165) is 118 Å². The van der Waals surface area contributed by atoms with Crippen molar-refractivity contribution in [2.24, 2.45) is 189 Å². The predicted octanol–water partition coefficient (Wildman–Crippen LogP) is 11.3. The largest absolute Gasteiger partial charge is 0.286 e. The summed E-state index contributed by atoms with van der Waals surface area (Å²) in [7, 11) is 0. The van der Waals surface area contributed by atoms with Gasteiger partial charge >= 0.3 is 0 Å². The van der Waals surface area contributed by atoms with Crippen LogP contribution in [0, 0.1) is 189 Å². The molecule has 16 nitrogen and oxygen atoms in total. The van der Waals surface area contributed by atoms with E-state index in [1.165, 1.54) is 205 Å². The monoisotopic (exact) mass is 1430 g/mol. The third-order valence-corrected chi connectivity index (χ3v) is 38.7. The molecular formula is C88H152N16. The summed E-state index contributed by atoms with van der Waals surface area (Å²) in [4.78, 5) is 0. The number of hydrogen-bond acceptors (Lipinski definition) is 16. The number of nitrogens with one attached hydrogen (secondary N) is 16. The standard InChI is InChI=1S/2C44H76N8/c1-21-13-15-23(3)35-33(21)41-48-39-31-19-27-11-7-5-9-25(27)17-29(31)37(46-39)45-38-30-18-26-10-6-8-12-28(26)20-32(30)40(47-38)49-42-34-22(2)14-16-24(4)36(34)44(51-42)52-43(35)50-41;1-21-13-14-22(2)34-33(21)41-47-37-29-17-25-9-5-6-10-26(25)18-30(29)39(45-37)49-43-35-23(3)15-16-24(4)36(35)44(52-43)50-40-32-20-28-12-8-7-11-27(28)19-31(32)38(46-40)48-42(34)51-41/h2*21-52H,5-20H2,1-4H3. The Balaban J connectivity index is 0.000000134. The van der Waals surface area contributed by atoms with Gasteiger partial charge in [-0.15, -0.1) is 0 Å². The summed E-state index contributed by atoms with van der Waals surface area (Å²) < 4.78 is 0. The zero-order chi connectivity index (χ0) is 69.7. The molecule has 10 aliphatic heterocycles. The van der Waals surface area contributed by atoms with Crippen molar-refractivity contribution in [3.63, 3.8) is 0 Å². The molecule has 22 aliphatic rings. The number of hydrogen-bond donors (Lipinski definition) is 16. The van der Waals surface area contributed by atoms with Crippen LogP contribution in [0.3, 0.4) is 0 Å². The lowest BCUT2D eigenvalue weighted by molar-refractivity contribution is 0.0536. The Labute approximate surface area is 630 Å². The Morgan fingerprint density at radius 1 is 0.135 bits per heavy atom. The summed E-state index contributed by atoms with van der Waals surface area (Å²) in [6, 6.07) is 0. The van der Waals surface area contributed by atoms with Gasteiger partial charge in [0.25, 0.3) is 0 Å². The maximum atomic E-state index is 4.48. The molecule has 22 rings (SSSR count). The maximum Gasteiger partial charge on any atom is 0.0631 e. The molecule has 16 N–H and O–H groups in total. The molecule has 104 heavy (non-hydrogen) atoms. The minimum Gasteiger partial charge on any atom is -0.286 e. The molecule has 0 aromatic heterocycles. The van der Waals surface area contributed by atoms with Crippen LogP contribution in [0.15, 0.2) is 0 Å². The van der Waals surface area contributed by atoms with Crippen LogP contribution in [-0.4, -0.2) is 98.7 Å². The van der Waals surface area contributed by atoms with Gasteiger partial charge in [0, 0.05) is 0 Å². The Kier molecular flexibility index (Phi) is 19.7. The highest BCUT2D eigenvalue weighted by molar-refractivity contribution is 5.16. The van der Waals surface area contributed by atoms with Crippen molar-refractivity contribution in [2.75, 3.05) is 0 Å². The van der Waals surface area contributed by atoms with E-state index in [0.29, 0.717) is 170 Å². The van der Waals surface area contributed by atoms with Crippen LogP contribution in [0.2, 0.25) is 0 Å². The minimum atomic E-state index is 0.356. The lowest BCUT2D eigenvalue weighted by Gasteiger charge is -2.45. The summed E-state index contributed by atoms with van der Waals surface area (Å²) in [6.45, 7) is 20.7. The zero-order valence-electron chi connectivity index (χ0n) is 66.3. The second-order valence-electron chi connectivity index (χ2n) is 43.5. The fraction of sp³-hybridized carbons (Fsp3) is 1.00. The van der Waals surface area contributed by atoms with E-state index in [2.05, 4.69) is 140 Å². The maximum absolute atomic E-state index is 4.48. The quantitative estimate of drug-likeness (QED) is 0.109. The molecule has 0 aromatic rings. The first-order chi connectivity index (χ1) is 50.7. The van der Waals surface area contributed by atoms with Gasteiger partial charge in [-0.25, -0.2) is 0 Å². The van der Waals surface area contributed by atoms with E-state index in [-0.39, 0.29) is 0 Å². The van der Waals surface area contributed by atoms with Crippen molar-refractivity contribution in [3.05, 3.63) is 0 Å². The van der Waals surface area contributed by atoms with Gasteiger partial charge in [-0.1, -0.05) is 209 Å². The highest BCUT2D eigenvalue weighted by atomic mass is 15.4. The van der Waals surface area contributed by atoms with E-state index in [1.54, 1.807) is 0 Å². The van der Waals surface area contributed by atoms with Gasteiger partial charge in [0.05, 0.1) is 98.7 Å². The van der Waals surface area contributed by atoms with Crippen molar-refractivity contribution in [2.45, 2.75) is 360 Å². The molecule has 12 saturated carbocycles. The second-order valence-corrected chi connectivity index (χ2v) is 43.5. The van der Waals surface area contributed by atoms with E-state index in [9.17, 15) is 0 Å². The van der Waals surface area contributed by atoms with Gasteiger partial charge in [-0.2, -0.15) is 0 Å². The molecule has 0 aromatic carbocycles. The molecule has 10 heterocycles. The SMILES string of the molecule is CC1CCC(C)C2C3NC(NC4NC(NC5NC(NC6NC(N3)C3C(C)CCC(C)C63)C3CC6CCCCC6CC53)C3CC5CCCCC5CC43)C12.CC1CCC(C)C2C3NC4NC(NC5NC(NC6NC(NC(N3)C12)C1CC2CCCCC2CC61)C1C(C)CCC(C)C51)C1CC2CCCCC2CC41. The smallest absolute Gasteiger partial charge is 0.0631 e. The van der Waals surface area contributed by atoms with Crippen LogP contribution in [-0.2, 0) is 0 Å². The van der Waals surface area contributed by atoms with Gasteiger partial charge in [0.2, 0.25) is 0 Å². The van der Waals surface area contributed by atoms with Crippen molar-refractivity contribution >= 4 is 0 Å². The van der Waals surface area contributed by atoms with E-state index < -0.39 is 0 Å². The van der Waals surface area contributed by atoms with Gasteiger partial charge in [0.1, 0.15) is 0 Å². The summed E-state index contributed by atoms with van der Waals surface area (Å²) in [5.74, 6) is 24.7. The molecule has 16 heteroatoms. The van der Waals surface area contributed by atoms with Crippen LogP contribution in [0.1, 0.15) is 261 Å². The van der Waals surface area contributed by atoms with Crippen molar-refractivity contribution in [1.29, 1.82) is 0 Å². The van der Waals surface area contributed by atoms with Crippen LogP contribution < -0.4 is 85.1 Å². The van der Waals surface area contributed by atoms with Gasteiger partial charge in [0.15, 0.2) is 0 Å². The Bertz CT molecular complexity index is 2700. The predicted molar refractivity (Wildman–Crippen MR) is 416 cm³/mol. The molecule has 10 saturated heterocycles. The average molecular weight is 1430 g/mol. The molecular weight excluding hydrogens is 1280 g/mol. The number of fused-ring (bicyclic) bond motifs is 44. The van der Waals surface area contributed by atoms with Crippen LogP contribution in [0.4, 0.5) is 0 Å². The molecule has 22 fully saturated rings. The van der Waals surface area contributed by atoms with Crippen LogP contribution in [0.25, 0.3) is 0 Å². The molecule has 48 atom stereocenters. The van der Waals surface area contributed by atoms with E-state index in [4.69, 9.17) is 0 Å². The summed E-state index contributed by atoms with van der Waals surface area (Å²) in [6.07, 6.45) is 51.9. The van der Waals surface area contributed by atoms with Crippen LogP contribution >= 0.6 is 0 Å². The van der Waals surface area contributed by atoms with Gasteiger partial charge < -0.3 is 0 Å². The highest BCUT2D eigenvalue weighted by Crippen LogP contribution is 2.58. The van der Waals surface area contributed by atoms with E-state index in [1.807, 2.05) is 0 Å². The fourth-order valence-corrected chi connectivity index (χ4v) is 33.6. The first-order valence-corrected chi connectivity index (χ1v) is 46.9. The van der Waals surface area contributed by atoms with E-state index >= 15 is 0 Å². The molecule has 584 valence electrons. The molecule has 0 amide bonds. The number of rotatable bonds is 0. The first-order valence-electron chi connectivity index (χ1n) is 46.9. The summed E-state index contributed by atoms with van der Waals surface area (Å²) in [5.41, 5.74) is 0.